The molecule has 1 saturated heterocycles. The quantitative estimate of drug-likeness (QED) is 0.785. The van der Waals surface area contributed by atoms with Gasteiger partial charge in [0, 0.05) is 24.7 Å². The number of aryl methyl sites for hydroxylation is 3. The van der Waals surface area contributed by atoms with E-state index in [0.29, 0.717) is 19.5 Å². The Bertz CT molecular complexity index is 845. The van der Waals surface area contributed by atoms with Gasteiger partial charge in [0.05, 0.1) is 6.42 Å². The van der Waals surface area contributed by atoms with Crippen LogP contribution >= 0.6 is 0 Å². The van der Waals surface area contributed by atoms with Crippen molar-refractivity contribution in [3.8, 4) is 0 Å². The predicted molar refractivity (Wildman–Crippen MR) is 118 cm³/mol. The number of benzene rings is 2. The molecule has 2 amide bonds. The van der Waals surface area contributed by atoms with Gasteiger partial charge in [-0.2, -0.15) is 0 Å². The summed E-state index contributed by atoms with van der Waals surface area (Å²) in [5.74, 6) is 0.207. The lowest BCUT2D eigenvalue weighted by atomic mass is 9.94. The lowest BCUT2D eigenvalue weighted by molar-refractivity contribution is -0.133. The highest BCUT2D eigenvalue weighted by Gasteiger charge is 2.28. The van der Waals surface area contributed by atoms with Gasteiger partial charge in [-0.15, -0.1) is 0 Å². The van der Waals surface area contributed by atoms with Crippen molar-refractivity contribution < 1.29 is 9.59 Å². The summed E-state index contributed by atoms with van der Waals surface area (Å²) < 4.78 is 0. The van der Waals surface area contributed by atoms with Crippen LogP contribution in [0.3, 0.4) is 0 Å². The van der Waals surface area contributed by atoms with Crippen molar-refractivity contribution in [2.24, 2.45) is 5.92 Å². The number of carbonyl (C=O) groups excluding carboxylic acids is 2. The number of nitrogens with zero attached hydrogens (tertiary/aromatic N) is 1. The number of likely N-dealkylation sites (tertiary alicyclic amines) is 1. The Morgan fingerprint density at radius 3 is 2.21 bits per heavy atom. The fraction of sp³-hybridized carbons (Fsp3) is 0.440. The molecule has 0 spiro atoms. The van der Waals surface area contributed by atoms with Gasteiger partial charge in [-0.1, -0.05) is 61.9 Å². The number of hydrogen-bond acceptors (Lipinski definition) is 2. The molecule has 4 heteroatoms. The molecule has 1 aliphatic rings. The van der Waals surface area contributed by atoms with Crippen LogP contribution in [0, 0.1) is 12.8 Å². The van der Waals surface area contributed by atoms with E-state index in [1.807, 2.05) is 30.0 Å². The van der Waals surface area contributed by atoms with E-state index in [1.54, 1.807) is 0 Å². The monoisotopic (exact) mass is 392 g/mol. The van der Waals surface area contributed by atoms with E-state index >= 15 is 0 Å². The van der Waals surface area contributed by atoms with Crippen molar-refractivity contribution in [1.82, 2.24) is 4.90 Å². The van der Waals surface area contributed by atoms with Crippen LogP contribution in [0.2, 0.25) is 0 Å². The van der Waals surface area contributed by atoms with Crippen LogP contribution in [0.5, 0.6) is 0 Å². The minimum atomic E-state index is -0.0346. The standard InChI is InChI=1S/C25H32N2O2/c1-4-20-10-7-11-21(5-2)24(20)26-25(29)22-12-14-27(15-13-22)23(28)17-19-9-6-8-18(3)16-19/h6-11,16,22H,4-5,12-15,17H2,1-3H3,(H,26,29). The minimum Gasteiger partial charge on any atom is -0.342 e. The minimum absolute atomic E-state index is 0.0346. The van der Waals surface area contributed by atoms with Crippen molar-refractivity contribution in [2.75, 3.05) is 18.4 Å². The van der Waals surface area contributed by atoms with Crippen molar-refractivity contribution >= 4 is 17.5 Å². The van der Waals surface area contributed by atoms with Crippen molar-refractivity contribution in [3.05, 3.63) is 64.7 Å². The molecule has 1 aliphatic heterocycles. The molecule has 0 radical (unpaired) electrons. The third-order valence-electron chi connectivity index (χ3n) is 5.90. The topological polar surface area (TPSA) is 49.4 Å². The molecule has 0 atom stereocenters. The first-order valence-corrected chi connectivity index (χ1v) is 10.8. The van der Waals surface area contributed by atoms with Gasteiger partial charge in [0.2, 0.25) is 11.8 Å². The SMILES string of the molecule is CCc1cccc(CC)c1NC(=O)C1CCN(C(=O)Cc2cccc(C)c2)CC1. The van der Waals surface area contributed by atoms with E-state index in [0.717, 1.165) is 36.9 Å². The van der Waals surface area contributed by atoms with Crippen molar-refractivity contribution in [2.45, 2.75) is 52.9 Å². The second-order valence-electron chi connectivity index (χ2n) is 7.97. The first kappa shape index (κ1) is 21.1. The van der Waals surface area contributed by atoms with Crippen molar-refractivity contribution in [3.63, 3.8) is 0 Å². The molecule has 154 valence electrons. The molecule has 4 nitrogen and oxygen atoms in total. The Hall–Kier alpha value is -2.62. The number of para-hydroxylation sites is 1. The summed E-state index contributed by atoms with van der Waals surface area (Å²) in [6, 6.07) is 14.3. The van der Waals surface area contributed by atoms with Crippen LogP contribution in [-0.2, 0) is 28.9 Å². The second-order valence-corrected chi connectivity index (χ2v) is 7.97. The Labute approximate surface area is 174 Å². The zero-order valence-electron chi connectivity index (χ0n) is 17.8. The van der Waals surface area contributed by atoms with Gasteiger partial charge in [-0.05, 0) is 49.3 Å². The number of carbonyl (C=O) groups is 2. The maximum absolute atomic E-state index is 12.9. The molecule has 0 bridgehead atoms. The summed E-state index contributed by atoms with van der Waals surface area (Å²) in [4.78, 5) is 27.4. The van der Waals surface area contributed by atoms with Gasteiger partial charge in [0.15, 0.2) is 0 Å². The largest absolute Gasteiger partial charge is 0.342 e. The number of hydrogen-bond donors (Lipinski definition) is 1. The Balaban J connectivity index is 1.57. The molecule has 0 unspecified atom stereocenters. The number of piperidine rings is 1. The number of amides is 2. The highest BCUT2D eigenvalue weighted by molar-refractivity contribution is 5.94. The molecular formula is C25H32N2O2. The Kier molecular flexibility index (Phi) is 7.08. The molecular weight excluding hydrogens is 360 g/mol. The summed E-state index contributed by atoms with van der Waals surface area (Å²) in [6.45, 7) is 7.57. The molecule has 1 fully saturated rings. The summed E-state index contributed by atoms with van der Waals surface area (Å²) in [5.41, 5.74) is 5.58. The Morgan fingerprint density at radius 2 is 1.62 bits per heavy atom. The zero-order valence-corrected chi connectivity index (χ0v) is 17.8. The molecule has 1 N–H and O–H groups in total. The van der Waals surface area contributed by atoms with Crippen molar-refractivity contribution in [1.29, 1.82) is 0 Å². The van der Waals surface area contributed by atoms with Crippen LogP contribution in [-0.4, -0.2) is 29.8 Å². The highest BCUT2D eigenvalue weighted by atomic mass is 16.2. The van der Waals surface area contributed by atoms with Gasteiger partial charge >= 0.3 is 0 Å². The average Bonchev–Trinajstić information content (AvgIpc) is 2.74. The normalized spacial score (nSPS) is 14.7. The van der Waals surface area contributed by atoms with E-state index in [4.69, 9.17) is 0 Å². The van der Waals surface area contributed by atoms with Crippen LogP contribution in [0.1, 0.15) is 48.9 Å². The lowest BCUT2D eigenvalue weighted by Gasteiger charge is -2.31. The smallest absolute Gasteiger partial charge is 0.227 e. The number of anilines is 1. The summed E-state index contributed by atoms with van der Waals surface area (Å²) in [6.07, 6.45) is 3.68. The maximum atomic E-state index is 12.9. The van der Waals surface area contributed by atoms with Gasteiger partial charge in [0.25, 0.3) is 0 Å². The van der Waals surface area contributed by atoms with E-state index < -0.39 is 0 Å². The molecule has 0 aliphatic carbocycles. The van der Waals surface area contributed by atoms with Gasteiger partial charge < -0.3 is 10.2 Å². The molecule has 0 aromatic heterocycles. The van der Waals surface area contributed by atoms with Gasteiger partial charge in [-0.3, -0.25) is 9.59 Å². The summed E-state index contributed by atoms with van der Waals surface area (Å²) in [7, 11) is 0. The van der Waals surface area contributed by atoms with Crippen LogP contribution in [0.15, 0.2) is 42.5 Å². The first-order valence-electron chi connectivity index (χ1n) is 10.8. The van der Waals surface area contributed by atoms with Gasteiger partial charge in [-0.25, -0.2) is 0 Å². The van der Waals surface area contributed by atoms with E-state index in [9.17, 15) is 9.59 Å². The molecule has 3 rings (SSSR count). The maximum Gasteiger partial charge on any atom is 0.227 e. The molecule has 2 aromatic carbocycles. The highest BCUT2D eigenvalue weighted by Crippen LogP contribution is 2.25. The fourth-order valence-corrected chi connectivity index (χ4v) is 4.13. The summed E-state index contributed by atoms with van der Waals surface area (Å²) in [5, 5.41) is 3.20. The second kappa shape index (κ2) is 9.73. The predicted octanol–water partition coefficient (Wildman–Crippen LogP) is 4.54. The molecule has 1 heterocycles. The van der Waals surface area contributed by atoms with E-state index in [-0.39, 0.29) is 17.7 Å². The van der Waals surface area contributed by atoms with Gasteiger partial charge in [0.1, 0.15) is 0 Å². The third kappa shape index (κ3) is 5.26. The molecule has 0 saturated carbocycles. The fourth-order valence-electron chi connectivity index (χ4n) is 4.13. The van der Waals surface area contributed by atoms with Crippen LogP contribution in [0.25, 0.3) is 0 Å². The van der Waals surface area contributed by atoms with E-state index in [1.165, 1.54) is 16.7 Å². The van der Waals surface area contributed by atoms with Crippen LogP contribution in [0.4, 0.5) is 5.69 Å². The zero-order chi connectivity index (χ0) is 20.8. The van der Waals surface area contributed by atoms with Crippen LogP contribution < -0.4 is 5.32 Å². The average molecular weight is 393 g/mol. The molecule has 29 heavy (non-hydrogen) atoms. The third-order valence-corrected chi connectivity index (χ3v) is 5.90. The number of nitrogens with one attached hydrogen (secondary N) is 1. The molecule has 2 aromatic rings. The lowest BCUT2D eigenvalue weighted by Crippen LogP contribution is -2.42. The first-order chi connectivity index (χ1) is 14.0. The number of rotatable bonds is 6. The van der Waals surface area contributed by atoms with E-state index in [2.05, 4.69) is 43.4 Å². The Morgan fingerprint density at radius 1 is 1.00 bits per heavy atom. The summed E-state index contributed by atoms with van der Waals surface area (Å²) >= 11 is 0.